The Balaban J connectivity index is 3.03. The molecule has 1 aromatic rings. The van der Waals surface area contributed by atoms with Crippen LogP contribution in [0.5, 0.6) is 0 Å². The Labute approximate surface area is 47.8 Å². The average molecular weight is 110 g/mol. The second-order valence-corrected chi connectivity index (χ2v) is 1.63. The lowest BCUT2D eigenvalue weighted by atomic mass is 10.5. The monoisotopic (exact) mass is 110 g/mol. The van der Waals surface area contributed by atoms with Gasteiger partial charge in [-0.3, -0.25) is 0 Å². The molecular formula is C5H8N3+. The molecule has 0 spiro atoms. The maximum Gasteiger partial charge on any atom is 0.198 e. The number of aryl methyl sites for hydroxylation is 1. The van der Waals surface area contributed by atoms with Crippen molar-refractivity contribution in [3.05, 3.63) is 18.5 Å². The Kier molecular flexibility index (Phi) is 1.12. The Bertz CT molecular complexity index is 147. The van der Waals surface area contributed by atoms with Crippen LogP contribution >= 0.6 is 0 Å². The smallest absolute Gasteiger partial charge is 0.198 e. The molecule has 0 fully saturated rings. The van der Waals surface area contributed by atoms with Gasteiger partial charge in [-0.2, -0.15) is 0 Å². The zero-order chi connectivity index (χ0) is 5.98. The fourth-order valence-corrected chi connectivity index (χ4v) is 0.433. The zero-order valence-electron chi connectivity index (χ0n) is 4.70. The minimum atomic E-state index is 0.697. The second-order valence-electron chi connectivity index (χ2n) is 1.63. The van der Waals surface area contributed by atoms with Crippen molar-refractivity contribution in [3.63, 3.8) is 0 Å². The molecule has 0 aliphatic rings. The minimum absolute atomic E-state index is 0.697. The number of nitrogens with zero attached hydrogens (tertiary/aromatic N) is 2. The summed E-state index contributed by atoms with van der Waals surface area (Å²) in [5.41, 5.74) is 6.05. The van der Waals surface area contributed by atoms with Crippen molar-refractivity contribution in [2.24, 2.45) is 7.05 Å². The Morgan fingerprint density at radius 3 is 2.88 bits per heavy atom. The number of anilines is 1. The van der Waals surface area contributed by atoms with Gasteiger partial charge in [0, 0.05) is 6.07 Å². The van der Waals surface area contributed by atoms with Crippen molar-refractivity contribution in [1.29, 1.82) is 0 Å². The molecule has 0 aromatic carbocycles. The number of aromatic nitrogens is 2. The van der Waals surface area contributed by atoms with Gasteiger partial charge in [0.25, 0.3) is 0 Å². The summed E-state index contributed by atoms with van der Waals surface area (Å²) in [6.45, 7) is 0. The molecule has 0 amide bonds. The molecule has 0 aliphatic carbocycles. The maximum atomic E-state index is 5.35. The normalized spacial score (nSPS) is 9.12. The lowest BCUT2D eigenvalue weighted by molar-refractivity contribution is -0.730. The van der Waals surface area contributed by atoms with Gasteiger partial charge in [-0.05, 0) is 5.10 Å². The maximum absolute atomic E-state index is 5.35. The first-order chi connectivity index (χ1) is 3.79. The number of nitrogens with two attached hydrogens (primary N) is 1. The largest absolute Gasteiger partial charge is 0.397 e. The van der Waals surface area contributed by atoms with Crippen molar-refractivity contribution in [2.45, 2.75) is 0 Å². The van der Waals surface area contributed by atoms with Crippen LogP contribution in [-0.4, -0.2) is 5.10 Å². The predicted octanol–water partition coefficient (Wildman–Crippen LogP) is -0.512. The van der Waals surface area contributed by atoms with Gasteiger partial charge in [0.1, 0.15) is 6.20 Å². The zero-order valence-corrected chi connectivity index (χ0v) is 4.70. The van der Waals surface area contributed by atoms with Gasteiger partial charge >= 0.3 is 0 Å². The van der Waals surface area contributed by atoms with Crippen LogP contribution in [0.15, 0.2) is 18.5 Å². The number of nitrogen functional groups attached to an aromatic ring is 1. The van der Waals surface area contributed by atoms with Crippen molar-refractivity contribution >= 4 is 5.69 Å². The van der Waals surface area contributed by atoms with Crippen molar-refractivity contribution in [3.8, 4) is 0 Å². The van der Waals surface area contributed by atoms with Crippen molar-refractivity contribution in [1.82, 2.24) is 5.10 Å². The van der Waals surface area contributed by atoms with Crippen LogP contribution in [0.3, 0.4) is 0 Å². The predicted molar refractivity (Wildman–Crippen MR) is 29.8 cm³/mol. The summed E-state index contributed by atoms with van der Waals surface area (Å²) in [7, 11) is 1.85. The van der Waals surface area contributed by atoms with Crippen LogP contribution in [0.2, 0.25) is 0 Å². The Hall–Kier alpha value is -1.12. The van der Waals surface area contributed by atoms with E-state index >= 15 is 0 Å². The van der Waals surface area contributed by atoms with E-state index in [0.29, 0.717) is 5.69 Å². The third-order valence-corrected chi connectivity index (χ3v) is 0.872. The summed E-state index contributed by atoms with van der Waals surface area (Å²) in [6, 6.07) is 1.80. The van der Waals surface area contributed by atoms with E-state index < -0.39 is 0 Å². The standard InChI is InChI=1S/C5H7N3/c1-8-3-2-5(6)4-7-8/h2-4,6H,1H3/p+1. The highest BCUT2D eigenvalue weighted by Gasteiger charge is 1.88. The molecule has 0 bridgehead atoms. The summed E-state index contributed by atoms with van der Waals surface area (Å²) in [4.78, 5) is 0. The molecule has 0 saturated heterocycles. The first-order valence-electron chi connectivity index (χ1n) is 2.36. The molecular weight excluding hydrogens is 102 g/mol. The van der Waals surface area contributed by atoms with Gasteiger partial charge in [-0.1, -0.05) is 4.68 Å². The fourth-order valence-electron chi connectivity index (χ4n) is 0.433. The fraction of sp³-hybridized carbons (Fsp3) is 0.200. The average Bonchev–Trinajstić information content (AvgIpc) is 1.77. The van der Waals surface area contributed by atoms with Crippen LogP contribution in [0.4, 0.5) is 5.69 Å². The van der Waals surface area contributed by atoms with Crippen LogP contribution in [-0.2, 0) is 7.05 Å². The SMILES string of the molecule is C[n+]1ccc(N)cn1. The van der Waals surface area contributed by atoms with Crippen LogP contribution in [0.25, 0.3) is 0 Å². The topological polar surface area (TPSA) is 42.8 Å². The highest BCUT2D eigenvalue weighted by Crippen LogP contribution is 1.88. The van der Waals surface area contributed by atoms with Crippen LogP contribution in [0, 0.1) is 0 Å². The highest BCUT2D eigenvalue weighted by molar-refractivity contribution is 5.29. The van der Waals surface area contributed by atoms with E-state index in [1.165, 1.54) is 0 Å². The molecule has 3 heteroatoms. The molecule has 1 rings (SSSR count). The number of hydrogen-bond donors (Lipinski definition) is 1. The van der Waals surface area contributed by atoms with E-state index in [1.54, 1.807) is 23.1 Å². The van der Waals surface area contributed by atoms with E-state index in [0.717, 1.165) is 0 Å². The first-order valence-corrected chi connectivity index (χ1v) is 2.36. The molecule has 0 radical (unpaired) electrons. The Morgan fingerprint density at radius 1 is 1.75 bits per heavy atom. The van der Waals surface area contributed by atoms with E-state index in [4.69, 9.17) is 5.73 Å². The Morgan fingerprint density at radius 2 is 2.50 bits per heavy atom. The summed E-state index contributed by atoms with van der Waals surface area (Å²) in [5, 5.41) is 3.87. The number of hydrogen-bond acceptors (Lipinski definition) is 2. The van der Waals surface area contributed by atoms with Gasteiger partial charge in [-0.25, -0.2) is 0 Å². The summed E-state index contributed by atoms with van der Waals surface area (Å²) >= 11 is 0. The molecule has 8 heavy (non-hydrogen) atoms. The lowest BCUT2D eigenvalue weighted by Crippen LogP contribution is -2.31. The van der Waals surface area contributed by atoms with E-state index in [2.05, 4.69) is 5.10 Å². The van der Waals surface area contributed by atoms with Crippen molar-refractivity contribution < 1.29 is 4.68 Å². The van der Waals surface area contributed by atoms with Crippen LogP contribution in [0.1, 0.15) is 0 Å². The molecule has 3 nitrogen and oxygen atoms in total. The summed E-state index contributed by atoms with van der Waals surface area (Å²) in [6.07, 6.45) is 3.41. The van der Waals surface area contributed by atoms with Gasteiger partial charge in [0.2, 0.25) is 0 Å². The van der Waals surface area contributed by atoms with E-state index in [-0.39, 0.29) is 0 Å². The first kappa shape index (κ1) is 5.03. The molecule has 42 valence electrons. The van der Waals surface area contributed by atoms with Crippen molar-refractivity contribution in [2.75, 3.05) is 5.73 Å². The molecule has 0 unspecified atom stereocenters. The summed E-state index contributed by atoms with van der Waals surface area (Å²) < 4.78 is 1.69. The molecule has 0 saturated carbocycles. The third-order valence-electron chi connectivity index (χ3n) is 0.872. The molecule has 2 N–H and O–H groups in total. The van der Waals surface area contributed by atoms with E-state index in [9.17, 15) is 0 Å². The lowest BCUT2D eigenvalue weighted by Gasteiger charge is -1.83. The van der Waals surface area contributed by atoms with Gasteiger partial charge < -0.3 is 5.73 Å². The van der Waals surface area contributed by atoms with Gasteiger partial charge in [-0.15, -0.1) is 0 Å². The molecule has 0 atom stereocenters. The second kappa shape index (κ2) is 1.78. The van der Waals surface area contributed by atoms with Crippen LogP contribution < -0.4 is 10.4 Å². The third kappa shape index (κ3) is 0.932. The number of rotatable bonds is 0. The van der Waals surface area contributed by atoms with Gasteiger partial charge in [0.15, 0.2) is 13.2 Å². The molecule has 1 heterocycles. The van der Waals surface area contributed by atoms with Gasteiger partial charge in [0.05, 0.1) is 5.69 Å². The quantitative estimate of drug-likeness (QED) is 0.457. The summed E-state index contributed by atoms with van der Waals surface area (Å²) in [5.74, 6) is 0. The molecule has 1 aromatic heterocycles. The highest BCUT2D eigenvalue weighted by atomic mass is 15.2. The minimum Gasteiger partial charge on any atom is -0.397 e. The van der Waals surface area contributed by atoms with E-state index in [1.807, 2.05) is 7.05 Å². The molecule has 0 aliphatic heterocycles.